The van der Waals surface area contributed by atoms with Crippen LogP contribution in [0.5, 0.6) is 11.5 Å². The lowest BCUT2D eigenvalue weighted by Crippen LogP contribution is -2.24. The molecule has 0 heterocycles. The Morgan fingerprint density at radius 1 is 1.29 bits per heavy atom. The van der Waals surface area contributed by atoms with E-state index >= 15 is 0 Å². The van der Waals surface area contributed by atoms with E-state index in [0.717, 1.165) is 0 Å². The van der Waals surface area contributed by atoms with E-state index in [-0.39, 0.29) is 5.75 Å². The molecule has 0 spiro atoms. The summed E-state index contributed by atoms with van der Waals surface area (Å²) in [5, 5.41) is 20.0. The Morgan fingerprint density at radius 2 is 1.88 bits per heavy atom. The van der Waals surface area contributed by atoms with Gasteiger partial charge in [-0.25, -0.2) is 0 Å². The molecular formula is C14H18O3. The Bertz CT molecular complexity index is 400. The van der Waals surface area contributed by atoms with Gasteiger partial charge in [0, 0.05) is 0 Å². The fraction of sp³-hybridized carbons (Fsp3) is 0.286. The van der Waals surface area contributed by atoms with E-state index in [2.05, 4.69) is 13.2 Å². The molecule has 3 nitrogen and oxygen atoms in total. The molecular weight excluding hydrogens is 216 g/mol. The van der Waals surface area contributed by atoms with Crippen molar-refractivity contribution < 1.29 is 14.9 Å². The fourth-order valence-electron chi connectivity index (χ4n) is 1.76. The monoisotopic (exact) mass is 234 g/mol. The minimum atomic E-state index is -1.05. The first-order valence-corrected chi connectivity index (χ1v) is 5.39. The molecule has 0 fully saturated rings. The molecule has 92 valence electrons. The molecule has 0 saturated heterocycles. The molecule has 3 heteroatoms. The molecule has 0 radical (unpaired) electrons. The Hall–Kier alpha value is -1.74. The molecule has 1 aromatic rings. The Balaban J connectivity index is 3.18. The van der Waals surface area contributed by atoms with Crippen LogP contribution in [0, 0.1) is 0 Å². The number of aromatic hydroxyl groups is 1. The predicted octanol–water partition coefficient (Wildman–Crippen LogP) is 2.74. The molecule has 0 aliphatic carbocycles. The van der Waals surface area contributed by atoms with Gasteiger partial charge in [0.2, 0.25) is 0 Å². The zero-order chi connectivity index (χ0) is 12.9. The Labute approximate surface area is 102 Å². The standard InChI is InChI=1S/C14H18O3/c1-4-8-14(16,9-5-2)11-6-7-12(15)13(10-11)17-3/h4-7,10,15-16H,1-2,8-9H2,3H3. The first-order chi connectivity index (χ1) is 8.07. The number of ether oxygens (including phenoxy) is 1. The first kappa shape index (κ1) is 13.3. The van der Waals surface area contributed by atoms with E-state index in [9.17, 15) is 10.2 Å². The van der Waals surface area contributed by atoms with E-state index in [0.29, 0.717) is 24.2 Å². The van der Waals surface area contributed by atoms with Gasteiger partial charge in [0.05, 0.1) is 12.7 Å². The quantitative estimate of drug-likeness (QED) is 0.744. The molecule has 0 amide bonds. The Kier molecular flexibility index (Phi) is 4.35. The van der Waals surface area contributed by atoms with Crippen molar-refractivity contribution in [1.82, 2.24) is 0 Å². The molecule has 0 atom stereocenters. The number of phenols is 1. The molecule has 2 N–H and O–H groups in total. The zero-order valence-electron chi connectivity index (χ0n) is 10.0. The summed E-state index contributed by atoms with van der Waals surface area (Å²) in [6, 6.07) is 4.80. The van der Waals surface area contributed by atoms with E-state index in [4.69, 9.17) is 4.74 Å². The lowest BCUT2D eigenvalue weighted by atomic mass is 9.87. The van der Waals surface area contributed by atoms with Crippen LogP contribution in [0.25, 0.3) is 0 Å². The van der Waals surface area contributed by atoms with E-state index in [1.807, 2.05) is 0 Å². The average molecular weight is 234 g/mol. The summed E-state index contributed by atoms with van der Waals surface area (Å²) in [6.07, 6.45) is 4.13. The largest absolute Gasteiger partial charge is 0.504 e. The van der Waals surface area contributed by atoms with Gasteiger partial charge in [-0.3, -0.25) is 0 Å². The minimum absolute atomic E-state index is 0.0517. The topological polar surface area (TPSA) is 49.7 Å². The summed E-state index contributed by atoms with van der Waals surface area (Å²) in [5.74, 6) is 0.393. The third kappa shape index (κ3) is 2.88. The molecule has 17 heavy (non-hydrogen) atoms. The SMILES string of the molecule is C=CCC(O)(CC=C)c1ccc(O)c(OC)c1. The van der Waals surface area contributed by atoms with Crippen molar-refractivity contribution in [1.29, 1.82) is 0 Å². The Morgan fingerprint density at radius 3 is 2.35 bits per heavy atom. The van der Waals surface area contributed by atoms with Gasteiger partial charge in [-0.1, -0.05) is 18.2 Å². The number of aliphatic hydroxyl groups is 1. The normalized spacial score (nSPS) is 10.9. The highest BCUT2D eigenvalue weighted by molar-refractivity contribution is 5.43. The first-order valence-electron chi connectivity index (χ1n) is 5.39. The smallest absolute Gasteiger partial charge is 0.160 e. The van der Waals surface area contributed by atoms with Crippen molar-refractivity contribution in [3.8, 4) is 11.5 Å². The number of hydrogen-bond acceptors (Lipinski definition) is 3. The van der Waals surface area contributed by atoms with Gasteiger partial charge in [0.15, 0.2) is 11.5 Å². The molecule has 0 aliphatic heterocycles. The highest BCUT2D eigenvalue weighted by Crippen LogP contribution is 2.35. The maximum Gasteiger partial charge on any atom is 0.160 e. The maximum absolute atomic E-state index is 10.5. The van der Waals surface area contributed by atoms with Crippen LogP contribution in [-0.2, 0) is 5.60 Å². The summed E-state index contributed by atoms with van der Waals surface area (Å²) >= 11 is 0. The molecule has 0 unspecified atom stereocenters. The van der Waals surface area contributed by atoms with Crippen molar-refractivity contribution in [2.45, 2.75) is 18.4 Å². The second-order valence-corrected chi connectivity index (χ2v) is 3.90. The molecule has 1 aromatic carbocycles. The third-order valence-corrected chi connectivity index (χ3v) is 2.68. The van der Waals surface area contributed by atoms with Crippen LogP contribution in [0.4, 0.5) is 0 Å². The maximum atomic E-state index is 10.5. The van der Waals surface area contributed by atoms with Gasteiger partial charge in [0.1, 0.15) is 0 Å². The van der Waals surface area contributed by atoms with Crippen LogP contribution in [0.3, 0.4) is 0 Å². The number of benzene rings is 1. The number of phenolic OH excluding ortho intramolecular Hbond substituents is 1. The highest BCUT2D eigenvalue weighted by Gasteiger charge is 2.27. The van der Waals surface area contributed by atoms with Crippen LogP contribution in [0.15, 0.2) is 43.5 Å². The molecule has 1 rings (SSSR count). The summed E-state index contributed by atoms with van der Waals surface area (Å²) < 4.78 is 5.02. The summed E-state index contributed by atoms with van der Waals surface area (Å²) in [7, 11) is 1.47. The van der Waals surface area contributed by atoms with Crippen molar-refractivity contribution in [2.75, 3.05) is 7.11 Å². The molecule has 0 aliphatic rings. The van der Waals surface area contributed by atoms with Crippen molar-refractivity contribution in [3.63, 3.8) is 0 Å². The van der Waals surface area contributed by atoms with Gasteiger partial charge in [-0.2, -0.15) is 0 Å². The summed E-state index contributed by atoms with van der Waals surface area (Å²) in [6.45, 7) is 7.28. The van der Waals surface area contributed by atoms with Crippen LogP contribution in [-0.4, -0.2) is 17.3 Å². The average Bonchev–Trinajstić information content (AvgIpc) is 2.30. The highest BCUT2D eigenvalue weighted by atomic mass is 16.5. The van der Waals surface area contributed by atoms with E-state index in [1.165, 1.54) is 13.2 Å². The van der Waals surface area contributed by atoms with Gasteiger partial charge >= 0.3 is 0 Å². The van der Waals surface area contributed by atoms with Gasteiger partial charge in [-0.05, 0) is 30.5 Å². The second kappa shape index (κ2) is 5.55. The van der Waals surface area contributed by atoms with Gasteiger partial charge in [-0.15, -0.1) is 13.2 Å². The molecule has 0 aromatic heterocycles. The van der Waals surface area contributed by atoms with Crippen molar-refractivity contribution in [2.24, 2.45) is 0 Å². The lowest BCUT2D eigenvalue weighted by Gasteiger charge is -2.26. The van der Waals surface area contributed by atoms with Crippen LogP contribution < -0.4 is 4.74 Å². The number of methoxy groups -OCH3 is 1. The lowest BCUT2D eigenvalue weighted by molar-refractivity contribution is 0.0427. The van der Waals surface area contributed by atoms with Crippen LogP contribution >= 0.6 is 0 Å². The van der Waals surface area contributed by atoms with Crippen LogP contribution in [0.2, 0.25) is 0 Å². The van der Waals surface area contributed by atoms with E-state index < -0.39 is 5.60 Å². The molecule has 0 bridgehead atoms. The summed E-state index contributed by atoms with van der Waals surface area (Å²) in [5.41, 5.74) is -0.378. The van der Waals surface area contributed by atoms with Crippen molar-refractivity contribution >= 4 is 0 Å². The van der Waals surface area contributed by atoms with E-state index in [1.54, 1.807) is 24.3 Å². The second-order valence-electron chi connectivity index (χ2n) is 3.90. The fourth-order valence-corrected chi connectivity index (χ4v) is 1.76. The van der Waals surface area contributed by atoms with Crippen LogP contribution in [0.1, 0.15) is 18.4 Å². The third-order valence-electron chi connectivity index (χ3n) is 2.68. The van der Waals surface area contributed by atoms with Gasteiger partial charge < -0.3 is 14.9 Å². The van der Waals surface area contributed by atoms with Crippen molar-refractivity contribution in [3.05, 3.63) is 49.1 Å². The predicted molar refractivity (Wildman–Crippen MR) is 68.2 cm³/mol. The number of rotatable bonds is 6. The zero-order valence-corrected chi connectivity index (χ0v) is 10.0. The molecule has 0 saturated carbocycles. The summed E-state index contributed by atoms with van der Waals surface area (Å²) in [4.78, 5) is 0. The minimum Gasteiger partial charge on any atom is -0.504 e. The van der Waals surface area contributed by atoms with Gasteiger partial charge in [0.25, 0.3) is 0 Å². The number of hydrogen-bond donors (Lipinski definition) is 2.